The minimum Gasteiger partial charge on any atom is -0.485 e. The van der Waals surface area contributed by atoms with Gasteiger partial charge < -0.3 is 14.8 Å². The van der Waals surface area contributed by atoms with Crippen LogP contribution >= 0.6 is 0 Å². The van der Waals surface area contributed by atoms with Crippen molar-refractivity contribution in [1.29, 1.82) is 0 Å². The summed E-state index contributed by atoms with van der Waals surface area (Å²) in [5.74, 6) is -0.338. The Bertz CT molecular complexity index is 1030. The van der Waals surface area contributed by atoms with Crippen LogP contribution in [0.25, 0.3) is 10.9 Å². The first-order valence-corrected chi connectivity index (χ1v) is 8.55. The third-order valence-electron chi connectivity index (χ3n) is 4.55. The van der Waals surface area contributed by atoms with E-state index in [1.54, 1.807) is 6.20 Å². The average Bonchev–Trinajstić information content (AvgIpc) is 3.14. The maximum atomic E-state index is 12.8. The van der Waals surface area contributed by atoms with E-state index in [-0.39, 0.29) is 31.6 Å². The highest BCUT2D eigenvalue weighted by Crippen LogP contribution is 2.38. The van der Waals surface area contributed by atoms with Crippen molar-refractivity contribution in [3.63, 3.8) is 0 Å². The number of alkyl halides is 3. The van der Waals surface area contributed by atoms with Crippen LogP contribution in [-0.4, -0.2) is 28.8 Å². The summed E-state index contributed by atoms with van der Waals surface area (Å²) in [6.45, 7) is 1.65. The minimum absolute atomic E-state index is 0. The molecule has 2 atom stereocenters. The highest BCUT2D eigenvalue weighted by atomic mass is 19.4. The molecule has 0 saturated heterocycles. The Morgan fingerprint density at radius 3 is 2.79 bits per heavy atom. The summed E-state index contributed by atoms with van der Waals surface area (Å²) in [7, 11) is 0. The lowest BCUT2D eigenvalue weighted by molar-refractivity contribution is -0.138. The molecule has 1 aliphatic heterocycles. The van der Waals surface area contributed by atoms with E-state index in [1.807, 2.05) is 25.1 Å². The Morgan fingerprint density at radius 2 is 2.03 bits per heavy atom. The quantitative estimate of drug-likeness (QED) is 0.681. The smallest absolute Gasteiger partial charge is 0.416 e. The molecular weight excluding hydrogens is 387 g/mol. The first kappa shape index (κ1) is 20.5. The van der Waals surface area contributed by atoms with Crippen molar-refractivity contribution < 1.29 is 27.4 Å². The Kier molecular flexibility index (Phi) is 5.41. The van der Waals surface area contributed by atoms with E-state index in [0.717, 1.165) is 34.7 Å². The second kappa shape index (κ2) is 7.65. The lowest BCUT2D eigenvalue weighted by Gasteiger charge is -2.27. The van der Waals surface area contributed by atoms with Gasteiger partial charge in [-0.2, -0.15) is 18.3 Å². The zero-order valence-corrected chi connectivity index (χ0v) is 14.7. The number of carbonyl (C=O) groups excluding carboxylic acids is 1. The largest absolute Gasteiger partial charge is 0.485 e. The number of amides is 1. The van der Waals surface area contributed by atoms with Crippen molar-refractivity contribution in [2.24, 2.45) is 0 Å². The monoisotopic (exact) mass is 407 g/mol. The molecule has 2 aromatic carbocycles. The van der Waals surface area contributed by atoms with Crippen LogP contribution in [0.5, 0.6) is 11.5 Å². The summed E-state index contributed by atoms with van der Waals surface area (Å²) in [4.78, 5) is 12.5. The van der Waals surface area contributed by atoms with Gasteiger partial charge in [-0.15, -0.1) is 0 Å². The van der Waals surface area contributed by atoms with Gasteiger partial charge in [-0.25, -0.2) is 0 Å². The fraction of sp³-hybridized carbons (Fsp3) is 0.300. The molecule has 0 spiro atoms. The van der Waals surface area contributed by atoms with E-state index in [0.29, 0.717) is 0 Å². The maximum Gasteiger partial charge on any atom is 0.416 e. The van der Waals surface area contributed by atoms with E-state index in [1.165, 1.54) is 0 Å². The molecule has 2 heterocycles. The first-order chi connectivity index (χ1) is 13.3. The highest BCUT2D eigenvalue weighted by molar-refractivity contribution is 5.83. The zero-order chi connectivity index (χ0) is 19.9. The van der Waals surface area contributed by atoms with E-state index in [4.69, 9.17) is 9.47 Å². The number of hydrogen-bond acceptors (Lipinski definition) is 4. The van der Waals surface area contributed by atoms with Crippen molar-refractivity contribution in [3.05, 3.63) is 53.7 Å². The van der Waals surface area contributed by atoms with E-state index in [9.17, 15) is 18.0 Å². The summed E-state index contributed by atoms with van der Waals surface area (Å²) < 4.78 is 49.2. The predicted octanol–water partition coefficient (Wildman–Crippen LogP) is 4.24. The number of nitrogens with one attached hydrogen (secondary N) is 2. The highest BCUT2D eigenvalue weighted by Gasteiger charge is 2.34. The van der Waals surface area contributed by atoms with Gasteiger partial charge in [-0.3, -0.25) is 9.89 Å². The fourth-order valence-corrected chi connectivity index (χ4v) is 3.00. The molecule has 6 nitrogen and oxygen atoms in total. The van der Waals surface area contributed by atoms with Crippen LogP contribution < -0.4 is 14.8 Å². The van der Waals surface area contributed by atoms with Crippen molar-refractivity contribution in [3.8, 4) is 11.5 Å². The molecule has 0 bridgehead atoms. The van der Waals surface area contributed by atoms with E-state index < -0.39 is 23.8 Å². The topological polar surface area (TPSA) is 76.2 Å². The van der Waals surface area contributed by atoms with Crippen LogP contribution in [0.2, 0.25) is 0 Å². The fourth-order valence-electron chi connectivity index (χ4n) is 3.00. The third-order valence-corrected chi connectivity index (χ3v) is 4.55. The lowest BCUT2D eigenvalue weighted by Crippen LogP contribution is -2.44. The Hall–Kier alpha value is -3.23. The maximum absolute atomic E-state index is 12.8. The number of halogens is 3. The number of ether oxygens (including phenoxy) is 2. The molecule has 1 aromatic heterocycles. The van der Waals surface area contributed by atoms with Gasteiger partial charge in [0, 0.05) is 5.39 Å². The zero-order valence-electron chi connectivity index (χ0n) is 14.7. The minimum atomic E-state index is -4.47. The number of carbonyl (C=O) groups is 1. The molecule has 0 fully saturated rings. The second-order valence-corrected chi connectivity index (χ2v) is 6.52. The standard InChI is InChI=1S/C19H16F3N3O3.CH4/c1-10(11-2-4-14-12(6-11)8-23-25-14)24-18(26)17-9-27-16-7-13(19(20,21)22)3-5-15(16)28-17;/h2-8,10,17H,9H2,1H3,(H,23,25)(H,24,26);1H4. The Balaban J connectivity index is 0.00000240. The Morgan fingerprint density at radius 1 is 1.24 bits per heavy atom. The molecule has 0 radical (unpaired) electrons. The molecule has 154 valence electrons. The predicted molar refractivity (Wildman–Crippen MR) is 101 cm³/mol. The van der Waals surface area contributed by atoms with Crippen LogP contribution in [0.4, 0.5) is 13.2 Å². The van der Waals surface area contributed by atoms with E-state index in [2.05, 4.69) is 15.5 Å². The van der Waals surface area contributed by atoms with Crippen LogP contribution in [-0.2, 0) is 11.0 Å². The molecule has 9 heteroatoms. The molecule has 2 unspecified atom stereocenters. The molecule has 1 aliphatic rings. The number of aromatic amines is 1. The van der Waals surface area contributed by atoms with Gasteiger partial charge in [0.05, 0.1) is 23.3 Å². The van der Waals surface area contributed by atoms with Gasteiger partial charge in [0.1, 0.15) is 6.61 Å². The average molecular weight is 407 g/mol. The van der Waals surface area contributed by atoms with Crippen molar-refractivity contribution in [2.75, 3.05) is 6.61 Å². The summed E-state index contributed by atoms with van der Waals surface area (Å²) in [6.07, 6.45) is -3.74. The number of benzene rings is 2. The van der Waals surface area contributed by atoms with Gasteiger partial charge in [0.15, 0.2) is 11.5 Å². The number of H-pyrrole nitrogens is 1. The third kappa shape index (κ3) is 4.13. The Labute approximate surface area is 165 Å². The molecule has 1 amide bonds. The molecule has 29 heavy (non-hydrogen) atoms. The van der Waals surface area contributed by atoms with Gasteiger partial charge >= 0.3 is 6.18 Å². The summed E-state index contributed by atoms with van der Waals surface area (Å²) in [6, 6.07) is 8.28. The van der Waals surface area contributed by atoms with Crippen LogP contribution in [0.15, 0.2) is 42.6 Å². The lowest BCUT2D eigenvalue weighted by atomic mass is 10.1. The summed E-state index contributed by atoms with van der Waals surface area (Å²) in [5, 5.41) is 10.6. The number of rotatable bonds is 3. The van der Waals surface area contributed by atoms with Gasteiger partial charge in [-0.05, 0) is 42.8 Å². The number of hydrogen-bond donors (Lipinski definition) is 2. The first-order valence-electron chi connectivity index (χ1n) is 8.55. The molecule has 0 aliphatic carbocycles. The molecule has 0 saturated carbocycles. The molecule has 3 aromatic rings. The number of nitrogens with zero attached hydrogens (tertiary/aromatic N) is 1. The summed E-state index contributed by atoms with van der Waals surface area (Å²) >= 11 is 0. The van der Waals surface area contributed by atoms with Crippen LogP contribution in [0.1, 0.15) is 31.5 Å². The summed E-state index contributed by atoms with van der Waals surface area (Å²) in [5.41, 5.74) is 0.941. The van der Waals surface area contributed by atoms with Gasteiger partial charge in [0.2, 0.25) is 6.10 Å². The number of fused-ring (bicyclic) bond motifs is 2. The van der Waals surface area contributed by atoms with Crippen molar-refractivity contribution in [2.45, 2.75) is 32.7 Å². The normalized spacial score (nSPS) is 16.8. The SMILES string of the molecule is C.CC(NC(=O)C1COc2cc(C(F)(F)F)ccc2O1)c1ccc2[nH]ncc2c1. The van der Waals surface area contributed by atoms with Gasteiger partial charge in [0.25, 0.3) is 5.91 Å². The van der Waals surface area contributed by atoms with Crippen LogP contribution in [0.3, 0.4) is 0 Å². The van der Waals surface area contributed by atoms with Crippen molar-refractivity contribution >= 4 is 16.8 Å². The van der Waals surface area contributed by atoms with E-state index >= 15 is 0 Å². The molecular formula is C20H20F3N3O3. The molecule has 4 rings (SSSR count). The molecule has 2 N–H and O–H groups in total. The second-order valence-electron chi connectivity index (χ2n) is 6.52. The van der Waals surface area contributed by atoms with Gasteiger partial charge in [-0.1, -0.05) is 13.5 Å². The number of aromatic nitrogens is 2. The van der Waals surface area contributed by atoms with Crippen LogP contribution in [0, 0.1) is 0 Å². The van der Waals surface area contributed by atoms with Crippen molar-refractivity contribution in [1.82, 2.24) is 15.5 Å².